The molecule has 4 aliphatic rings. The molecule has 2 aromatic rings. The van der Waals surface area contributed by atoms with Crippen LogP contribution < -0.4 is 15.4 Å². The van der Waals surface area contributed by atoms with E-state index in [2.05, 4.69) is 32.7 Å². The number of methoxy groups -OCH3 is 1. The lowest BCUT2D eigenvalue weighted by molar-refractivity contribution is 0.398. The molecule has 5 heteroatoms. The predicted octanol–water partition coefficient (Wildman–Crippen LogP) is 3.54. The van der Waals surface area contributed by atoms with Gasteiger partial charge in [0.2, 0.25) is 0 Å². The Morgan fingerprint density at radius 2 is 1.53 bits per heavy atom. The van der Waals surface area contributed by atoms with Gasteiger partial charge in [-0.3, -0.25) is 9.97 Å². The number of fused-ring (bicyclic) bond motifs is 4. The molecule has 6 rings (SSSR count). The molecule has 4 bridgehead atoms. The number of pyridine rings is 2. The first kappa shape index (κ1) is 20.0. The number of nitrogens with zero attached hydrogens (tertiary/aromatic N) is 2. The molecule has 4 saturated heterocycles. The third-order valence-corrected chi connectivity index (χ3v) is 7.59. The SMILES string of the molecule is COc1cncc(CC2CC3CCC2N3)c1.c1cncc(CC2CC3CCC2N3)c1. The van der Waals surface area contributed by atoms with Crippen molar-refractivity contribution in [3.8, 4) is 5.75 Å². The smallest absolute Gasteiger partial charge is 0.137 e. The van der Waals surface area contributed by atoms with Gasteiger partial charge in [0.15, 0.2) is 0 Å². The minimum atomic E-state index is 0.746. The van der Waals surface area contributed by atoms with Crippen LogP contribution in [0.25, 0.3) is 0 Å². The van der Waals surface area contributed by atoms with Crippen molar-refractivity contribution in [2.75, 3.05) is 7.11 Å². The van der Waals surface area contributed by atoms with Crippen molar-refractivity contribution in [2.24, 2.45) is 11.8 Å². The first-order valence-electron chi connectivity index (χ1n) is 11.7. The summed E-state index contributed by atoms with van der Waals surface area (Å²) in [5.41, 5.74) is 2.70. The minimum Gasteiger partial charge on any atom is -0.495 e. The molecule has 0 amide bonds. The number of rotatable bonds is 5. The molecular formula is C25H34N4O. The molecule has 4 fully saturated rings. The molecule has 6 atom stereocenters. The number of ether oxygens (including phenoxy) is 1. The van der Waals surface area contributed by atoms with Crippen LogP contribution in [0.1, 0.15) is 49.7 Å². The molecule has 0 aliphatic carbocycles. The molecular weight excluding hydrogens is 372 g/mol. The van der Waals surface area contributed by atoms with Crippen LogP contribution in [0.4, 0.5) is 0 Å². The van der Waals surface area contributed by atoms with Gasteiger partial charge in [0.05, 0.1) is 13.3 Å². The zero-order chi connectivity index (χ0) is 20.3. The van der Waals surface area contributed by atoms with Gasteiger partial charge in [-0.2, -0.15) is 0 Å². The molecule has 0 saturated carbocycles. The van der Waals surface area contributed by atoms with Crippen LogP contribution in [0.5, 0.6) is 5.75 Å². The summed E-state index contributed by atoms with van der Waals surface area (Å²) in [5, 5.41) is 7.35. The maximum atomic E-state index is 5.20. The second-order valence-corrected chi connectivity index (χ2v) is 9.59. The topological polar surface area (TPSA) is 59.1 Å². The molecule has 0 radical (unpaired) electrons. The Morgan fingerprint density at radius 1 is 0.867 bits per heavy atom. The lowest BCUT2D eigenvalue weighted by atomic mass is 9.85. The molecule has 0 spiro atoms. The Hall–Kier alpha value is -1.98. The van der Waals surface area contributed by atoms with Crippen molar-refractivity contribution < 1.29 is 4.74 Å². The predicted molar refractivity (Wildman–Crippen MR) is 119 cm³/mol. The summed E-state index contributed by atoms with van der Waals surface area (Å²) in [7, 11) is 1.69. The summed E-state index contributed by atoms with van der Waals surface area (Å²) in [4.78, 5) is 8.38. The zero-order valence-electron chi connectivity index (χ0n) is 18.0. The van der Waals surface area contributed by atoms with E-state index in [0.717, 1.165) is 48.2 Å². The maximum Gasteiger partial charge on any atom is 0.137 e. The van der Waals surface area contributed by atoms with Crippen LogP contribution in [-0.4, -0.2) is 41.2 Å². The standard InChI is InChI=1S/C13H18N2O.C12H16N2/c1-16-12-5-9(7-14-8-12)4-10-6-11-2-3-13(10)15-11;1-2-9(8-13-5-1)6-10-7-11-3-4-12(10)14-11/h5,7-8,10-11,13,15H,2-4,6H2,1H3;1-2,5,8,10-12,14H,3-4,6-7H2. The summed E-state index contributed by atoms with van der Waals surface area (Å²) >= 11 is 0. The molecule has 6 heterocycles. The molecule has 160 valence electrons. The third-order valence-electron chi connectivity index (χ3n) is 7.59. The Balaban J connectivity index is 0.000000130. The van der Waals surface area contributed by atoms with E-state index in [4.69, 9.17) is 4.74 Å². The first-order valence-corrected chi connectivity index (χ1v) is 11.7. The van der Waals surface area contributed by atoms with Gasteiger partial charge in [0.25, 0.3) is 0 Å². The van der Waals surface area contributed by atoms with E-state index in [1.165, 1.54) is 56.1 Å². The Kier molecular flexibility index (Phi) is 6.00. The van der Waals surface area contributed by atoms with Crippen LogP contribution in [0.2, 0.25) is 0 Å². The normalized spacial score (nSPS) is 33.4. The number of hydrogen-bond acceptors (Lipinski definition) is 5. The monoisotopic (exact) mass is 406 g/mol. The van der Waals surface area contributed by atoms with Gasteiger partial charge in [0, 0.05) is 42.8 Å². The lowest BCUT2D eigenvalue weighted by Gasteiger charge is -2.19. The van der Waals surface area contributed by atoms with Gasteiger partial charge in [-0.1, -0.05) is 6.07 Å². The highest BCUT2D eigenvalue weighted by Gasteiger charge is 2.39. The summed E-state index contributed by atoms with van der Waals surface area (Å²) in [5.74, 6) is 2.53. The fourth-order valence-corrected chi connectivity index (χ4v) is 6.14. The Morgan fingerprint density at radius 3 is 2.07 bits per heavy atom. The van der Waals surface area contributed by atoms with Gasteiger partial charge in [-0.05, 0) is 86.5 Å². The fraction of sp³-hybridized carbons (Fsp3) is 0.600. The van der Waals surface area contributed by atoms with Crippen LogP contribution in [0.15, 0.2) is 43.0 Å². The van der Waals surface area contributed by atoms with Gasteiger partial charge in [0.1, 0.15) is 5.75 Å². The summed E-state index contributed by atoms with van der Waals surface area (Å²) in [6.07, 6.45) is 18.2. The van der Waals surface area contributed by atoms with Gasteiger partial charge < -0.3 is 15.4 Å². The number of hydrogen-bond donors (Lipinski definition) is 2. The van der Waals surface area contributed by atoms with E-state index in [0.29, 0.717) is 0 Å². The number of nitrogens with one attached hydrogen (secondary N) is 2. The average molecular weight is 407 g/mol. The van der Waals surface area contributed by atoms with Crippen LogP contribution >= 0.6 is 0 Å². The third kappa shape index (κ3) is 4.52. The maximum absolute atomic E-state index is 5.20. The second-order valence-electron chi connectivity index (χ2n) is 9.59. The van der Waals surface area contributed by atoms with E-state index >= 15 is 0 Å². The van der Waals surface area contributed by atoms with Crippen molar-refractivity contribution >= 4 is 0 Å². The van der Waals surface area contributed by atoms with Gasteiger partial charge in [-0.15, -0.1) is 0 Å². The lowest BCUT2D eigenvalue weighted by Crippen LogP contribution is -2.24. The summed E-state index contributed by atoms with van der Waals surface area (Å²) < 4.78 is 5.20. The van der Waals surface area contributed by atoms with Crippen molar-refractivity contribution in [3.63, 3.8) is 0 Å². The van der Waals surface area contributed by atoms with Gasteiger partial charge >= 0.3 is 0 Å². The molecule has 30 heavy (non-hydrogen) atoms. The zero-order valence-corrected chi connectivity index (χ0v) is 18.0. The first-order chi connectivity index (χ1) is 14.8. The highest BCUT2D eigenvalue weighted by molar-refractivity contribution is 5.24. The number of aromatic nitrogens is 2. The van der Waals surface area contributed by atoms with E-state index in [9.17, 15) is 0 Å². The summed E-state index contributed by atoms with van der Waals surface area (Å²) in [6.45, 7) is 0. The average Bonchev–Trinajstić information content (AvgIpc) is 3.57. The second kappa shape index (κ2) is 9.03. The highest BCUT2D eigenvalue weighted by atomic mass is 16.5. The van der Waals surface area contributed by atoms with Crippen molar-refractivity contribution in [3.05, 3.63) is 54.1 Å². The van der Waals surface area contributed by atoms with E-state index in [1.54, 1.807) is 13.3 Å². The van der Waals surface area contributed by atoms with E-state index in [1.807, 2.05) is 24.7 Å². The largest absolute Gasteiger partial charge is 0.495 e. The minimum absolute atomic E-state index is 0.746. The van der Waals surface area contributed by atoms with Gasteiger partial charge in [-0.25, -0.2) is 0 Å². The highest BCUT2D eigenvalue weighted by Crippen LogP contribution is 2.36. The fourth-order valence-electron chi connectivity index (χ4n) is 6.14. The van der Waals surface area contributed by atoms with Crippen LogP contribution in [0.3, 0.4) is 0 Å². The van der Waals surface area contributed by atoms with E-state index in [-0.39, 0.29) is 0 Å². The Bertz CT molecular complexity index is 829. The molecule has 4 aliphatic heterocycles. The van der Waals surface area contributed by atoms with Crippen LogP contribution in [-0.2, 0) is 12.8 Å². The van der Waals surface area contributed by atoms with Crippen molar-refractivity contribution in [2.45, 2.75) is 75.5 Å². The molecule has 6 unspecified atom stereocenters. The molecule has 2 N–H and O–H groups in total. The van der Waals surface area contributed by atoms with Crippen molar-refractivity contribution in [1.82, 2.24) is 20.6 Å². The quantitative estimate of drug-likeness (QED) is 0.795. The Labute approximate surface area is 180 Å². The van der Waals surface area contributed by atoms with Crippen molar-refractivity contribution in [1.29, 1.82) is 0 Å². The molecule has 0 aromatic carbocycles. The van der Waals surface area contributed by atoms with Crippen LogP contribution in [0, 0.1) is 11.8 Å². The molecule has 2 aromatic heterocycles. The summed E-state index contributed by atoms with van der Waals surface area (Å²) in [6, 6.07) is 9.49. The van der Waals surface area contributed by atoms with E-state index < -0.39 is 0 Å². The molecule has 5 nitrogen and oxygen atoms in total.